The Morgan fingerprint density at radius 1 is 1.30 bits per heavy atom. The van der Waals surface area contributed by atoms with Crippen LogP contribution in [0, 0.1) is 5.92 Å². The molecule has 2 heterocycles. The molecule has 3 N–H and O–H groups in total. The van der Waals surface area contributed by atoms with Crippen molar-refractivity contribution < 1.29 is 24.4 Å². The van der Waals surface area contributed by atoms with Gasteiger partial charge in [0.05, 0.1) is 12.7 Å². The molecule has 5 atom stereocenters. The molecule has 118 valence electrons. The molecule has 0 spiro atoms. The fraction of sp³-hybridized carbons (Fsp3) is 1.00. The van der Waals surface area contributed by atoms with Crippen molar-refractivity contribution in [2.75, 3.05) is 26.3 Å². The molecule has 0 aliphatic carbocycles. The van der Waals surface area contributed by atoms with E-state index in [2.05, 4.69) is 19.2 Å². The minimum atomic E-state index is -0.998. The van der Waals surface area contributed by atoms with Crippen LogP contribution in [0.5, 0.6) is 0 Å². The fourth-order valence-corrected chi connectivity index (χ4v) is 2.51. The van der Waals surface area contributed by atoms with Crippen LogP contribution in [-0.4, -0.2) is 67.2 Å². The Morgan fingerprint density at radius 2 is 2.10 bits per heavy atom. The van der Waals surface area contributed by atoms with Gasteiger partial charge < -0.3 is 29.7 Å². The summed E-state index contributed by atoms with van der Waals surface area (Å²) in [5.41, 5.74) is 0. The normalized spacial score (nSPS) is 38.0. The van der Waals surface area contributed by atoms with Gasteiger partial charge in [0, 0.05) is 13.2 Å². The van der Waals surface area contributed by atoms with Crippen LogP contribution in [0.4, 0.5) is 0 Å². The Hall–Kier alpha value is -0.240. The van der Waals surface area contributed by atoms with Crippen LogP contribution in [0.2, 0.25) is 0 Å². The van der Waals surface area contributed by atoms with Gasteiger partial charge in [0.1, 0.15) is 18.3 Å². The van der Waals surface area contributed by atoms with E-state index in [0.717, 1.165) is 26.0 Å². The maximum atomic E-state index is 9.96. The third-order valence-electron chi connectivity index (χ3n) is 3.69. The predicted octanol–water partition coefficient (Wildman–Crippen LogP) is -0.126. The van der Waals surface area contributed by atoms with Gasteiger partial charge in [0.2, 0.25) is 0 Å². The van der Waals surface area contributed by atoms with E-state index >= 15 is 0 Å². The van der Waals surface area contributed by atoms with Gasteiger partial charge in [0.25, 0.3) is 0 Å². The van der Waals surface area contributed by atoms with Crippen molar-refractivity contribution in [3.05, 3.63) is 0 Å². The van der Waals surface area contributed by atoms with Crippen molar-refractivity contribution in [2.24, 2.45) is 5.92 Å². The number of aliphatic hydroxyl groups is 2. The summed E-state index contributed by atoms with van der Waals surface area (Å²) in [6.07, 6.45) is -0.997. The molecule has 6 nitrogen and oxygen atoms in total. The lowest BCUT2D eigenvalue weighted by Gasteiger charge is -2.18. The summed E-state index contributed by atoms with van der Waals surface area (Å²) in [7, 11) is 0. The first-order valence-corrected chi connectivity index (χ1v) is 7.53. The number of hydrogen-bond acceptors (Lipinski definition) is 6. The zero-order valence-electron chi connectivity index (χ0n) is 12.3. The highest BCUT2D eigenvalue weighted by molar-refractivity contribution is 4.88. The van der Waals surface area contributed by atoms with Gasteiger partial charge in [0.15, 0.2) is 6.29 Å². The van der Waals surface area contributed by atoms with Crippen molar-refractivity contribution >= 4 is 0 Å². The van der Waals surface area contributed by atoms with Gasteiger partial charge in [-0.25, -0.2) is 0 Å². The van der Waals surface area contributed by atoms with E-state index in [9.17, 15) is 10.2 Å². The Labute approximate surface area is 120 Å². The lowest BCUT2D eigenvalue weighted by atomic mass is 10.1. The second-order valence-corrected chi connectivity index (χ2v) is 6.04. The molecule has 0 aromatic heterocycles. The zero-order chi connectivity index (χ0) is 14.5. The van der Waals surface area contributed by atoms with Crippen LogP contribution < -0.4 is 5.32 Å². The minimum Gasteiger partial charge on any atom is -0.387 e. The second-order valence-electron chi connectivity index (χ2n) is 6.04. The summed E-state index contributed by atoms with van der Waals surface area (Å²) < 4.78 is 16.6. The van der Waals surface area contributed by atoms with Gasteiger partial charge in [-0.1, -0.05) is 13.8 Å². The van der Waals surface area contributed by atoms with Gasteiger partial charge >= 0.3 is 0 Å². The average Bonchev–Trinajstić information content (AvgIpc) is 3.00. The first kappa shape index (κ1) is 16.1. The Morgan fingerprint density at radius 3 is 2.75 bits per heavy atom. The van der Waals surface area contributed by atoms with Crippen LogP contribution in [0.3, 0.4) is 0 Å². The van der Waals surface area contributed by atoms with Crippen LogP contribution in [0.25, 0.3) is 0 Å². The predicted molar refractivity (Wildman–Crippen MR) is 73.3 cm³/mol. The fourth-order valence-electron chi connectivity index (χ4n) is 2.51. The monoisotopic (exact) mass is 289 g/mol. The van der Waals surface area contributed by atoms with Crippen molar-refractivity contribution in [3.63, 3.8) is 0 Å². The molecule has 0 radical (unpaired) electrons. The summed E-state index contributed by atoms with van der Waals surface area (Å²) in [5.74, 6) is 0.532. The van der Waals surface area contributed by atoms with E-state index in [-0.39, 0.29) is 6.10 Å². The van der Waals surface area contributed by atoms with E-state index < -0.39 is 24.6 Å². The Kier molecular flexibility index (Phi) is 6.20. The van der Waals surface area contributed by atoms with E-state index in [0.29, 0.717) is 19.1 Å². The lowest BCUT2D eigenvalue weighted by Crippen LogP contribution is -2.39. The SMILES string of the molecule is CC(C)CNC[C@H]1O[C@H](OCC2CCCO2)[C@@H](O)[C@H]1O. The molecule has 2 saturated heterocycles. The van der Waals surface area contributed by atoms with Gasteiger partial charge in [-0.3, -0.25) is 0 Å². The van der Waals surface area contributed by atoms with Crippen molar-refractivity contribution in [1.82, 2.24) is 5.32 Å². The standard InChI is InChI=1S/C14H27NO5/c1-9(2)6-15-7-11-12(16)13(17)14(20-11)19-8-10-4-3-5-18-10/h9-17H,3-8H2,1-2H3/t10?,11-,12+,13+,14+/m1/s1. The highest BCUT2D eigenvalue weighted by Gasteiger charge is 2.43. The summed E-state index contributed by atoms with van der Waals surface area (Å²) >= 11 is 0. The molecule has 0 aromatic carbocycles. The second kappa shape index (κ2) is 7.68. The zero-order valence-corrected chi connectivity index (χ0v) is 12.3. The third kappa shape index (κ3) is 4.38. The van der Waals surface area contributed by atoms with Gasteiger partial charge in [-0.2, -0.15) is 0 Å². The molecule has 20 heavy (non-hydrogen) atoms. The highest BCUT2D eigenvalue weighted by atomic mass is 16.7. The maximum Gasteiger partial charge on any atom is 0.186 e. The van der Waals surface area contributed by atoms with Gasteiger partial charge in [-0.15, -0.1) is 0 Å². The van der Waals surface area contributed by atoms with Crippen molar-refractivity contribution in [3.8, 4) is 0 Å². The Bertz CT molecular complexity index is 283. The molecule has 0 saturated carbocycles. The topological polar surface area (TPSA) is 80.2 Å². The number of nitrogens with one attached hydrogen (secondary N) is 1. The van der Waals surface area contributed by atoms with Crippen LogP contribution in [0.15, 0.2) is 0 Å². The maximum absolute atomic E-state index is 9.96. The summed E-state index contributed by atoms with van der Waals surface area (Å²) in [5, 5.41) is 23.1. The molecule has 0 bridgehead atoms. The smallest absolute Gasteiger partial charge is 0.186 e. The van der Waals surface area contributed by atoms with Crippen LogP contribution in [0.1, 0.15) is 26.7 Å². The summed E-state index contributed by atoms with van der Waals surface area (Å²) in [6, 6.07) is 0. The van der Waals surface area contributed by atoms with Crippen LogP contribution in [-0.2, 0) is 14.2 Å². The van der Waals surface area contributed by atoms with E-state index in [1.807, 2.05) is 0 Å². The molecular formula is C14H27NO5. The molecular weight excluding hydrogens is 262 g/mol. The number of ether oxygens (including phenoxy) is 3. The first-order chi connectivity index (χ1) is 9.58. The highest BCUT2D eigenvalue weighted by Crippen LogP contribution is 2.23. The van der Waals surface area contributed by atoms with E-state index in [1.165, 1.54) is 0 Å². The molecule has 1 unspecified atom stereocenters. The Balaban J connectivity index is 1.71. The molecule has 2 rings (SSSR count). The molecule has 0 amide bonds. The van der Waals surface area contributed by atoms with E-state index in [1.54, 1.807) is 0 Å². The molecule has 2 fully saturated rings. The van der Waals surface area contributed by atoms with Crippen LogP contribution >= 0.6 is 0 Å². The largest absolute Gasteiger partial charge is 0.387 e. The average molecular weight is 289 g/mol. The summed E-state index contributed by atoms with van der Waals surface area (Å²) in [6.45, 7) is 6.76. The van der Waals surface area contributed by atoms with Gasteiger partial charge in [-0.05, 0) is 25.3 Å². The molecule has 2 aliphatic rings. The molecule has 0 aromatic rings. The van der Waals surface area contributed by atoms with Crippen molar-refractivity contribution in [2.45, 2.75) is 57.4 Å². The minimum absolute atomic E-state index is 0.0843. The molecule has 2 aliphatic heterocycles. The molecule has 6 heteroatoms. The lowest BCUT2D eigenvalue weighted by molar-refractivity contribution is -0.178. The quantitative estimate of drug-likeness (QED) is 0.606. The number of rotatable bonds is 7. The van der Waals surface area contributed by atoms with Crippen molar-refractivity contribution in [1.29, 1.82) is 0 Å². The number of hydrogen-bond donors (Lipinski definition) is 3. The first-order valence-electron chi connectivity index (χ1n) is 7.53. The number of aliphatic hydroxyl groups excluding tert-OH is 2. The third-order valence-corrected chi connectivity index (χ3v) is 3.69. The summed E-state index contributed by atoms with van der Waals surface area (Å²) in [4.78, 5) is 0. The van der Waals surface area contributed by atoms with E-state index in [4.69, 9.17) is 14.2 Å².